The largest absolute Gasteiger partial charge is 0.416 e. The Morgan fingerprint density at radius 1 is 0.953 bits per heavy atom. The van der Waals surface area contributed by atoms with Gasteiger partial charge >= 0.3 is 12.2 Å². The average molecular weight is 607 g/mol. The van der Waals surface area contributed by atoms with Crippen molar-refractivity contribution in [2.24, 2.45) is 0 Å². The maximum atomic E-state index is 13.3. The van der Waals surface area contributed by atoms with E-state index in [-0.39, 0.29) is 12.5 Å². The molecule has 0 aliphatic rings. The maximum Gasteiger partial charge on any atom is 0.416 e. The van der Waals surface area contributed by atoms with Crippen LogP contribution in [0.3, 0.4) is 0 Å². The Morgan fingerprint density at radius 2 is 1.63 bits per heavy atom. The van der Waals surface area contributed by atoms with Crippen LogP contribution in [0, 0.1) is 0 Å². The first-order chi connectivity index (χ1) is 20.5. The summed E-state index contributed by atoms with van der Waals surface area (Å²) in [5.41, 5.74) is 12.4. The highest BCUT2D eigenvalue weighted by atomic mass is 19.4. The van der Waals surface area contributed by atoms with E-state index in [9.17, 15) is 27.6 Å². The van der Waals surface area contributed by atoms with Gasteiger partial charge in [0, 0.05) is 30.8 Å². The predicted octanol–water partition coefficient (Wildman–Crippen LogP) is -0.775. The van der Waals surface area contributed by atoms with Crippen molar-refractivity contribution in [1.29, 1.82) is 0 Å². The molecule has 2 aromatic carbocycles. The molecule has 3 rings (SSSR count). The second kappa shape index (κ2) is 15.8. The highest BCUT2D eigenvalue weighted by Gasteiger charge is 2.31. The molecule has 4 amide bonds. The lowest BCUT2D eigenvalue weighted by molar-refractivity contribution is -0.405. The van der Waals surface area contributed by atoms with Gasteiger partial charge in [-0.2, -0.15) is 13.2 Å². The lowest BCUT2D eigenvalue weighted by atomic mass is 10.0. The van der Waals surface area contributed by atoms with Crippen LogP contribution in [0.5, 0.6) is 0 Å². The van der Waals surface area contributed by atoms with Gasteiger partial charge in [0.1, 0.15) is 11.7 Å². The van der Waals surface area contributed by atoms with E-state index in [0.717, 1.165) is 23.0 Å². The van der Waals surface area contributed by atoms with Gasteiger partial charge in [0.15, 0.2) is 12.2 Å². The van der Waals surface area contributed by atoms with Crippen molar-refractivity contribution in [3.05, 3.63) is 71.9 Å². The summed E-state index contributed by atoms with van der Waals surface area (Å²) in [7, 11) is 0. The first kappa shape index (κ1) is 33.2. The molecule has 14 heteroatoms. The van der Waals surface area contributed by atoms with Crippen LogP contribution in [0.1, 0.15) is 24.0 Å². The number of carbonyl (C=O) groups excluding carboxylic acids is 3. The number of anilines is 1. The third-order valence-electron chi connectivity index (χ3n) is 6.80. The lowest BCUT2D eigenvalue weighted by Gasteiger charge is -2.21. The minimum absolute atomic E-state index is 0.0375. The van der Waals surface area contributed by atoms with Crippen molar-refractivity contribution < 1.29 is 49.7 Å². The predicted molar refractivity (Wildman–Crippen MR) is 153 cm³/mol. The minimum atomic E-state index is -4.49. The molecule has 43 heavy (non-hydrogen) atoms. The lowest BCUT2D eigenvalue weighted by Crippen LogP contribution is -2.69. The van der Waals surface area contributed by atoms with E-state index < -0.39 is 35.6 Å². The number of fused-ring (bicyclic) bond motifs is 1. The summed E-state index contributed by atoms with van der Waals surface area (Å²) in [6, 6.07) is 11.7. The molecule has 1 aromatic heterocycles. The smallest absolute Gasteiger partial charge is 0.356 e. The van der Waals surface area contributed by atoms with Crippen LogP contribution in [-0.2, 0) is 22.2 Å². The number of H-pyrrole nitrogens is 1. The summed E-state index contributed by atoms with van der Waals surface area (Å²) in [6.07, 6.45) is -2.10. The second-order valence-corrected chi connectivity index (χ2v) is 10.2. The fourth-order valence-electron chi connectivity index (χ4n) is 4.47. The molecule has 232 valence electrons. The molecule has 0 saturated heterocycles. The number of hydrogen-bond donors (Lipinski definition) is 6. The van der Waals surface area contributed by atoms with Crippen LogP contribution >= 0.6 is 0 Å². The third kappa shape index (κ3) is 10.2. The van der Waals surface area contributed by atoms with Crippen LogP contribution < -0.4 is 38.1 Å². The van der Waals surface area contributed by atoms with Crippen LogP contribution in [0.15, 0.2) is 60.8 Å². The maximum absolute atomic E-state index is 13.3. The zero-order valence-corrected chi connectivity index (χ0v) is 24.0. The molecule has 0 bridgehead atoms. The molecule has 0 spiro atoms. The van der Waals surface area contributed by atoms with Gasteiger partial charge in [-0.3, -0.25) is 9.59 Å². The van der Waals surface area contributed by atoms with Gasteiger partial charge in [-0.05, 0) is 36.2 Å². The number of quaternary nitrogens is 3. The second-order valence-electron chi connectivity index (χ2n) is 10.2. The van der Waals surface area contributed by atoms with Crippen molar-refractivity contribution in [3.63, 3.8) is 0 Å². The Labute approximate surface area is 247 Å². The van der Waals surface area contributed by atoms with Gasteiger partial charge < -0.3 is 38.1 Å². The molecule has 0 unspecified atom stereocenters. The van der Waals surface area contributed by atoms with E-state index in [1.54, 1.807) is 17.2 Å². The summed E-state index contributed by atoms with van der Waals surface area (Å²) in [6.45, 7) is 2.52. The number of nitrogens with one attached hydrogen (secondary N) is 4. The number of aromatic amines is 1. The van der Waals surface area contributed by atoms with Crippen molar-refractivity contribution in [3.8, 4) is 0 Å². The first-order valence-electron chi connectivity index (χ1n) is 14.1. The Morgan fingerprint density at radius 3 is 2.28 bits per heavy atom. The number of aromatic nitrogens is 1. The van der Waals surface area contributed by atoms with Crippen LogP contribution in [0.4, 0.5) is 23.7 Å². The Kier molecular flexibility index (Phi) is 12.2. The monoisotopic (exact) mass is 606 g/mol. The summed E-state index contributed by atoms with van der Waals surface area (Å²) >= 11 is 0. The standard InChI is InChI=1S/C29H37F3N8O3/c30-29(31,32)21-9-7-19(8-10-21)16-25(27(42)38-22-17-20-4-1-2-6-24(20)37-18-22)39-26(41)23(35)5-3-13-36-28(43)40(14-11-33)15-12-34/h1-2,4,6-10,17-18,23,25H,3,5,11-16,33-35H2,(H,36,43)(H,38,42)(H,39,41)/p+4/t23-,25+/m0/s1. The Balaban J connectivity index is 1.65. The van der Waals surface area contributed by atoms with Crippen LogP contribution in [0.2, 0.25) is 0 Å². The molecule has 3 aromatic rings. The molecule has 0 saturated carbocycles. The van der Waals surface area contributed by atoms with Crippen molar-refractivity contribution in [2.75, 3.05) is 38.0 Å². The van der Waals surface area contributed by atoms with E-state index in [4.69, 9.17) is 0 Å². The molecular formula is C29H41F3N8O3+4. The molecule has 1 heterocycles. The number of benzene rings is 2. The molecule has 0 aliphatic carbocycles. The van der Waals surface area contributed by atoms with E-state index in [0.29, 0.717) is 56.8 Å². The molecule has 11 nitrogen and oxygen atoms in total. The number of urea groups is 1. The molecule has 0 radical (unpaired) electrons. The number of rotatable bonds is 14. The fourth-order valence-corrected chi connectivity index (χ4v) is 4.47. The fraction of sp³-hybridized carbons (Fsp3) is 0.379. The van der Waals surface area contributed by atoms with Gasteiger partial charge in [-0.15, -0.1) is 0 Å². The number of carbonyl (C=O) groups is 3. The van der Waals surface area contributed by atoms with E-state index in [2.05, 4.69) is 38.1 Å². The van der Waals surface area contributed by atoms with Gasteiger partial charge in [-0.1, -0.05) is 24.3 Å². The summed E-state index contributed by atoms with van der Waals surface area (Å²) < 4.78 is 39.1. The summed E-state index contributed by atoms with van der Waals surface area (Å²) in [5, 5.41) is 9.17. The zero-order valence-electron chi connectivity index (χ0n) is 24.0. The zero-order chi connectivity index (χ0) is 31.4. The van der Waals surface area contributed by atoms with Crippen LogP contribution in [-0.4, -0.2) is 67.6 Å². The number of para-hydroxylation sites is 1. The topological polar surface area (TPSA) is 188 Å². The van der Waals surface area contributed by atoms with Crippen molar-refractivity contribution in [1.82, 2.24) is 15.5 Å². The molecule has 2 atom stereocenters. The van der Waals surface area contributed by atoms with Gasteiger partial charge in [0.25, 0.3) is 5.91 Å². The van der Waals surface area contributed by atoms with Crippen molar-refractivity contribution in [2.45, 2.75) is 37.5 Å². The summed E-state index contributed by atoms with van der Waals surface area (Å²) in [4.78, 5) is 43.5. The normalized spacial score (nSPS) is 12.8. The van der Waals surface area contributed by atoms with Gasteiger partial charge in [-0.25, -0.2) is 9.78 Å². The number of nitrogens with zero attached hydrogens (tertiary/aromatic N) is 1. The number of hydrogen-bond acceptors (Lipinski definition) is 3. The van der Waals surface area contributed by atoms with Gasteiger partial charge in [0.2, 0.25) is 11.4 Å². The van der Waals surface area contributed by atoms with Gasteiger partial charge in [0.05, 0.1) is 31.7 Å². The quantitative estimate of drug-likeness (QED) is 0.132. The average Bonchev–Trinajstić information content (AvgIpc) is 2.98. The molecule has 0 fully saturated rings. The molecular weight excluding hydrogens is 565 g/mol. The first-order valence-corrected chi connectivity index (χ1v) is 14.1. The number of halogens is 3. The molecule has 0 aliphatic heterocycles. The third-order valence-corrected chi connectivity index (χ3v) is 6.80. The Hall–Kier alpha value is -4.27. The van der Waals surface area contributed by atoms with E-state index in [1.807, 2.05) is 24.3 Å². The highest BCUT2D eigenvalue weighted by Crippen LogP contribution is 2.29. The SMILES string of the molecule is [NH3+]CCN(CC[NH3+])C(=O)NCCC[C@H]([NH3+])C(=O)N[C@H](Cc1ccc(C(F)(F)F)cc1)C(=O)Nc1c[nH+]c2ccccc2c1. The minimum Gasteiger partial charge on any atom is -0.356 e. The number of amides is 4. The Bertz CT molecular complexity index is 1370. The van der Waals surface area contributed by atoms with Crippen molar-refractivity contribution >= 4 is 34.4 Å². The highest BCUT2D eigenvalue weighted by molar-refractivity contribution is 5.98. The molecule has 13 N–H and O–H groups in total. The number of pyridine rings is 1. The van der Waals surface area contributed by atoms with E-state index in [1.165, 1.54) is 12.1 Å². The van der Waals surface area contributed by atoms with Crippen LogP contribution in [0.25, 0.3) is 10.9 Å². The summed E-state index contributed by atoms with van der Waals surface area (Å²) in [5.74, 6) is -1.02. The van der Waals surface area contributed by atoms with E-state index >= 15 is 0 Å². The number of alkyl halides is 3.